The SMILES string of the molecule is CCOC(=O)c1cnc(SC)nc1Nc1ccc(Oc2ccnc(C(N)=O)c2)c(F)c1. The Morgan fingerprint density at radius 1 is 1.23 bits per heavy atom. The second kappa shape index (κ2) is 9.85. The molecule has 11 heteroatoms. The molecule has 0 radical (unpaired) electrons. The van der Waals surface area contributed by atoms with Gasteiger partial charge in [0.1, 0.15) is 22.8 Å². The second-order valence-corrected chi connectivity index (χ2v) is 6.73. The van der Waals surface area contributed by atoms with Crippen molar-refractivity contribution in [2.75, 3.05) is 18.2 Å². The molecule has 3 aromatic rings. The summed E-state index contributed by atoms with van der Waals surface area (Å²) >= 11 is 1.29. The van der Waals surface area contributed by atoms with Crippen LogP contribution in [-0.4, -0.2) is 39.7 Å². The minimum Gasteiger partial charge on any atom is -0.462 e. The molecule has 2 aromatic heterocycles. The van der Waals surface area contributed by atoms with Crippen molar-refractivity contribution in [3.8, 4) is 11.5 Å². The number of rotatable bonds is 8. The van der Waals surface area contributed by atoms with Crippen molar-refractivity contribution in [2.45, 2.75) is 12.1 Å². The molecule has 3 rings (SSSR count). The number of nitrogens with two attached hydrogens (primary N) is 1. The predicted molar refractivity (Wildman–Crippen MR) is 112 cm³/mol. The first kappa shape index (κ1) is 22.0. The molecule has 0 spiro atoms. The van der Waals surface area contributed by atoms with Crippen molar-refractivity contribution in [3.63, 3.8) is 0 Å². The van der Waals surface area contributed by atoms with Crippen LogP contribution in [-0.2, 0) is 4.74 Å². The topological polar surface area (TPSA) is 129 Å². The van der Waals surface area contributed by atoms with Crippen molar-refractivity contribution in [3.05, 3.63) is 59.8 Å². The lowest BCUT2D eigenvalue weighted by atomic mass is 10.2. The third kappa shape index (κ3) is 5.45. The van der Waals surface area contributed by atoms with Crippen LogP contribution >= 0.6 is 11.8 Å². The van der Waals surface area contributed by atoms with E-state index in [2.05, 4.69) is 20.3 Å². The molecule has 3 N–H and O–H groups in total. The summed E-state index contributed by atoms with van der Waals surface area (Å²) in [5.74, 6) is -1.69. The number of hydrogen-bond donors (Lipinski definition) is 2. The number of pyridine rings is 1. The van der Waals surface area contributed by atoms with Gasteiger partial charge < -0.3 is 20.5 Å². The fourth-order valence-corrected chi connectivity index (χ4v) is 2.79. The molecule has 0 atom stereocenters. The van der Waals surface area contributed by atoms with E-state index < -0.39 is 17.7 Å². The molecule has 1 aromatic carbocycles. The third-order valence-electron chi connectivity index (χ3n) is 3.85. The number of primary amides is 1. The Bertz CT molecular complexity index is 1130. The predicted octanol–water partition coefficient (Wildman–Crippen LogP) is 3.54. The zero-order valence-electron chi connectivity index (χ0n) is 16.6. The molecule has 2 heterocycles. The number of aromatic nitrogens is 3. The van der Waals surface area contributed by atoms with Gasteiger partial charge in [-0.3, -0.25) is 9.78 Å². The number of anilines is 2. The van der Waals surface area contributed by atoms with Crippen LogP contribution in [0.2, 0.25) is 0 Å². The second-order valence-electron chi connectivity index (χ2n) is 5.95. The number of thioether (sulfide) groups is 1. The Morgan fingerprint density at radius 2 is 2.03 bits per heavy atom. The van der Waals surface area contributed by atoms with Gasteiger partial charge in [-0.1, -0.05) is 11.8 Å². The average Bonchev–Trinajstić information content (AvgIpc) is 2.76. The molecular formula is C20H18FN5O4S. The van der Waals surface area contributed by atoms with E-state index in [4.69, 9.17) is 15.2 Å². The molecule has 0 unspecified atom stereocenters. The number of carbonyl (C=O) groups excluding carboxylic acids is 2. The molecule has 0 saturated heterocycles. The van der Waals surface area contributed by atoms with Gasteiger partial charge in [0.25, 0.3) is 5.91 Å². The van der Waals surface area contributed by atoms with Crippen LogP contribution < -0.4 is 15.8 Å². The number of nitrogens with one attached hydrogen (secondary N) is 1. The first-order valence-corrected chi connectivity index (χ1v) is 10.2. The Labute approximate surface area is 181 Å². The van der Waals surface area contributed by atoms with Gasteiger partial charge in [0, 0.05) is 30.2 Å². The van der Waals surface area contributed by atoms with Gasteiger partial charge in [0.2, 0.25) is 0 Å². The Hall–Kier alpha value is -3.73. The fraction of sp³-hybridized carbons (Fsp3) is 0.150. The molecule has 0 fully saturated rings. The van der Waals surface area contributed by atoms with E-state index in [0.29, 0.717) is 10.8 Å². The first-order valence-electron chi connectivity index (χ1n) is 8.99. The number of hydrogen-bond acceptors (Lipinski definition) is 9. The fourth-order valence-electron chi connectivity index (χ4n) is 2.45. The number of amides is 1. The van der Waals surface area contributed by atoms with Crippen molar-refractivity contribution >= 4 is 35.1 Å². The highest BCUT2D eigenvalue weighted by atomic mass is 32.2. The summed E-state index contributed by atoms with van der Waals surface area (Å²) in [6.07, 6.45) is 4.48. The minimum absolute atomic E-state index is 0.00366. The zero-order chi connectivity index (χ0) is 22.4. The monoisotopic (exact) mass is 443 g/mol. The van der Waals surface area contributed by atoms with E-state index >= 15 is 0 Å². The van der Waals surface area contributed by atoms with E-state index in [-0.39, 0.29) is 35.2 Å². The normalized spacial score (nSPS) is 10.4. The summed E-state index contributed by atoms with van der Waals surface area (Å²) in [7, 11) is 0. The maximum absolute atomic E-state index is 14.6. The van der Waals surface area contributed by atoms with Crippen LogP contribution in [0, 0.1) is 5.82 Å². The van der Waals surface area contributed by atoms with Crippen molar-refractivity contribution in [2.24, 2.45) is 5.73 Å². The number of ether oxygens (including phenoxy) is 2. The molecule has 1 amide bonds. The molecule has 0 aliphatic heterocycles. The molecule has 0 saturated carbocycles. The Kier molecular flexibility index (Phi) is 6.98. The van der Waals surface area contributed by atoms with E-state index in [1.54, 1.807) is 19.2 Å². The van der Waals surface area contributed by atoms with Crippen LogP contribution in [0.3, 0.4) is 0 Å². The largest absolute Gasteiger partial charge is 0.462 e. The number of nitrogens with zero attached hydrogens (tertiary/aromatic N) is 3. The van der Waals surface area contributed by atoms with Gasteiger partial charge in [-0.25, -0.2) is 19.2 Å². The van der Waals surface area contributed by atoms with E-state index in [0.717, 1.165) is 0 Å². The molecule has 31 heavy (non-hydrogen) atoms. The molecule has 0 aliphatic carbocycles. The molecular weight excluding hydrogens is 425 g/mol. The quantitative estimate of drug-likeness (QED) is 0.305. The maximum atomic E-state index is 14.6. The van der Waals surface area contributed by atoms with Crippen molar-refractivity contribution in [1.82, 2.24) is 15.0 Å². The summed E-state index contributed by atoms with van der Waals surface area (Å²) in [6, 6.07) is 6.90. The lowest BCUT2D eigenvalue weighted by Gasteiger charge is -2.12. The summed E-state index contributed by atoms with van der Waals surface area (Å²) in [5, 5.41) is 3.34. The number of esters is 1. The number of carbonyl (C=O) groups is 2. The summed E-state index contributed by atoms with van der Waals surface area (Å²) < 4.78 is 25.1. The van der Waals surface area contributed by atoms with E-state index in [1.165, 1.54) is 48.4 Å². The Balaban J connectivity index is 1.84. The van der Waals surface area contributed by atoms with Gasteiger partial charge in [-0.15, -0.1) is 0 Å². The van der Waals surface area contributed by atoms with Gasteiger partial charge >= 0.3 is 5.97 Å². The van der Waals surface area contributed by atoms with Gasteiger partial charge in [0.05, 0.1) is 6.61 Å². The van der Waals surface area contributed by atoms with Gasteiger partial charge in [-0.05, 0) is 31.4 Å². The maximum Gasteiger partial charge on any atom is 0.343 e. The van der Waals surface area contributed by atoms with Gasteiger partial charge in [-0.2, -0.15) is 0 Å². The standard InChI is InChI=1S/C20H18FN5O4S/c1-3-29-19(28)13-10-24-20(31-2)26-18(13)25-11-4-5-16(14(21)8-11)30-12-6-7-23-15(9-12)17(22)27/h4-10H,3H2,1-2H3,(H2,22,27)(H,24,25,26). The highest BCUT2D eigenvalue weighted by Gasteiger charge is 2.17. The molecule has 9 nitrogen and oxygen atoms in total. The van der Waals surface area contributed by atoms with Crippen LogP contribution in [0.1, 0.15) is 27.8 Å². The third-order valence-corrected chi connectivity index (χ3v) is 4.41. The highest BCUT2D eigenvalue weighted by molar-refractivity contribution is 7.98. The van der Waals surface area contributed by atoms with E-state index in [1.807, 2.05) is 0 Å². The first-order chi connectivity index (χ1) is 14.9. The van der Waals surface area contributed by atoms with Crippen LogP contribution in [0.25, 0.3) is 0 Å². The smallest absolute Gasteiger partial charge is 0.343 e. The van der Waals surface area contributed by atoms with Crippen molar-refractivity contribution < 1.29 is 23.5 Å². The summed E-state index contributed by atoms with van der Waals surface area (Å²) in [6.45, 7) is 1.88. The lowest BCUT2D eigenvalue weighted by Crippen LogP contribution is -2.12. The summed E-state index contributed by atoms with van der Waals surface area (Å²) in [4.78, 5) is 35.6. The van der Waals surface area contributed by atoms with Crippen LogP contribution in [0.4, 0.5) is 15.9 Å². The van der Waals surface area contributed by atoms with E-state index in [9.17, 15) is 14.0 Å². The van der Waals surface area contributed by atoms with Crippen LogP contribution in [0.5, 0.6) is 11.5 Å². The average molecular weight is 443 g/mol. The molecule has 160 valence electrons. The lowest BCUT2D eigenvalue weighted by molar-refractivity contribution is 0.0526. The Morgan fingerprint density at radius 3 is 2.71 bits per heavy atom. The minimum atomic E-state index is -0.725. The summed E-state index contributed by atoms with van der Waals surface area (Å²) in [5.41, 5.74) is 5.63. The molecule has 0 bridgehead atoms. The number of benzene rings is 1. The van der Waals surface area contributed by atoms with Gasteiger partial charge in [0.15, 0.2) is 16.7 Å². The molecule has 0 aliphatic rings. The number of halogens is 1. The van der Waals surface area contributed by atoms with Crippen LogP contribution in [0.15, 0.2) is 47.9 Å². The van der Waals surface area contributed by atoms with Crippen molar-refractivity contribution in [1.29, 1.82) is 0 Å². The zero-order valence-corrected chi connectivity index (χ0v) is 17.4. The highest BCUT2D eigenvalue weighted by Crippen LogP contribution is 2.29.